The Morgan fingerprint density at radius 3 is 1.82 bits per heavy atom. The molecule has 238 valence electrons. The van der Waals surface area contributed by atoms with Gasteiger partial charge in [-0.2, -0.15) is 0 Å². The van der Waals surface area contributed by atoms with Crippen molar-refractivity contribution in [2.24, 2.45) is 0 Å². The molecule has 0 amide bonds. The predicted molar refractivity (Wildman–Crippen MR) is 210 cm³/mol. The lowest BCUT2D eigenvalue weighted by atomic mass is 9.73. The summed E-state index contributed by atoms with van der Waals surface area (Å²) in [4.78, 5) is 2.39. The molecule has 1 unspecified atom stereocenters. The van der Waals surface area contributed by atoms with Crippen molar-refractivity contribution in [3.05, 3.63) is 211 Å². The third kappa shape index (κ3) is 3.93. The SMILES string of the molecule is c1ccc(-c2ccc(N(c3ccc4c(c3)-c3ccccc3C43c4ccccc4-c4c3oc3ccccc43)c3ccc4ccccc4c3)cc2)cc1. The summed E-state index contributed by atoms with van der Waals surface area (Å²) in [6.45, 7) is 0. The van der Waals surface area contributed by atoms with Gasteiger partial charge in [-0.05, 0) is 97.7 Å². The Hall–Kier alpha value is -6.64. The first-order valence-electron chi connectivity index (χ1n) is 17.6. The molecular formula is C49H31NO. The first-order valence-corrected chi connectivity index (χ1v) is 17.6. The van der Waals surface area contributed by atoms with Gasteiger partial charge in [0.1, 0.15) is 16.8 Å². The Morgan fingerprint density at radius 2 is 0.980 bits per heavy atom. The van der Waals surface area contributed by atoms with Gasteiger partial charge in [0.25, 0.3) is 0 Å². The minimum atomic E-state index is -0.541. The Balaban J connectivity index is 1.15. The van der Waals surface area contributed by atoms with Crippen LogP contribution in [0, 0.1) is 0 Å². The fourth-order valence-electron chi connectivity index (χ4n) is 8.87. The van der Waals surface area contributed by atoms with Crippen LogP contribution in [-0.2, 0) is 5.41 Å². The lowest BCUT2D eigenvalue weighted by molar-refractivity contribution is 0.507. The molecule has 8 aromatic carbocycles. The summed E-state index contributed by atoms with van der Waals surface area (Å²) < 4.78 is 6.94. The van der Waals surface area contributed by atoms with Gasteiger partial charge in [0, 0.05) is 28.0 Å². The molecule has 0 bridgehead atoms. The van der Waals surface area contributed by atoms with E-state index in [1.165, 1.54) is 66.2 Å². The van der Waals surface area contributed by atoms with Crippen LogP contribution in [0.2, 0.25) is 0 Å². The molecule has 0 fully saturated rings. The number of benzene rings is 8. The van der Waals surface area contributed by atoms with E-state index in [2.05, 4.69) is 193 Å². The first kappa shape index (κ1) is 28.2. The van der Waals surface area contributed by atoms with Crippen molar-refractivity contribution in [1.82, 2.24) is 0 Å². The zero-order chi connectivity index (χ0) is 33.5. The molecule has 9 aromatic rings. The van der Waals surface area contributed by atoms with Gasteiger partial charge < -0.3 is 9.32 Å². The Bertz CT molecular complexity index is 2810. The molecule has 1 heterocycles. The molecule has 0 aliphatic heterocycles. The van der Waals surface area contributed by atoms with Gasteiger partial charge in [-0.25, -0.2) is 0 Å². The number of nitrogens with zero attached hydrogens (tertiary/aromatic N) is 1. The average molecular weight is 650 g/mol. The average Bonchev–Trinajstić information content (AvgIpc) is 3.82. The summed E-state index contributed by atoms with van der Waals surface area (Å²) >= 11 is 0. The van der Waals surface area contributed by atoms with Crippen LogP contribution >= 0.6 is 0 Å². The molecule has 0 radical (unpaired) electrons. The predicted octanol–water partition coefficient (Wildman–Crippen LogP) is 13.1. The van der Waals surface area contributed by atoms with Crippen LogP contribution in [-0.4, -0.2) is 0 Å². The van der Waals surface area contributed by atoms with E-state index in [9.17, 15) is 0 Å². The molecule has 0 N–H and O–H groups in total. The van der Waals surface area contributed by atoms with Crippen LogP contribution in [0.15, 0.2) is 192 Å². The topological polar surface area (TPSA) is 16.4 Å². The van der Waals surface area contributed by atoms with Gasteiger partial charge in [0.2, 0.25) is 0 Å². The van der Waals surface area contributed by atoms with Crippen molar-refractivity contribution in [1.29, 1.82) is 0 Å². The highest BCUT2D eigenvalue weighted by Gasteiger charge is 2.55. The monoisotopic (exact) mass is 649 g/mol. The van der Waals surface area contributed by atoms with Crippen LogP contribution in [0.1, 0.15) is 22.5 Å². The Labute approximate surface area is 296 Å². The molecule has 2 aliphatic rings. The van der Waals surface area contributed by atoms with Crippen molar-refractivity contribution in [3.63, 3.8) is 0 Å². The molecule has 11 rings (SSSR count). The van der Waals surface area contributed by atoms with Crippen molar-refractivity contribution in [3.8, 4) is 33.4 Å². The number of hydrogen-bond acceptors (Lipinski definition) is 2. The van der Waals surface area contributed by atoms with Crippen molar-refractivity contribution in [2.45, 2.75) is 5.41 Å². The van der Waals surface area contributed by atoms with Crippen molar-refractivity contribution >= 4 is 38.8 Å². The number of hydrogen-bond donors (Lipinski definition) is 0. The molecule has 0 saturated carbocycles. The molecule has 1 atom stereocenters. The van der Waals surface area contributed by atoms with E-state index in [0.717, 1.165) is 28.4 Å². The largest absolute Gasteiger partial charge is 0.459 e. The van der Waals surface area contributed by atoms with E-state index in [1.807, 2.05) is 0 Å². The van der Waals surface area contributed by atoms with E-state index >= 15 is 0 Å². The standard InChI is InChI=1S/C49H31NO/c1-2-12-32(13-3-1)34-22-25-36(26-23-34)50(37-27-24-33-14-4-5-15-35(33)30-37)38-28-29-45-42(31-38)39-16-6-9-19-43(39)49(45)44-20-10-7-17-40(44)47-41-18-8-11-21-46(41)51-48(47)49/h1-31H. The van der Waals surface area contributed by atoms with Crippen LogP contribution in [0.3, 0.4) is 0 Å². The molecule has 0 saturated heterocycles. The van der Waals surface area contributed by atoms with E-state index in [-0.39, 0.29) is 0 Å². The summed E-state index contributed by atoms with van der Waals surface area (Å²) in [7, 11) is 0. The maximum Gasteiger partial charge on any atom is 0.135 e. The molecule has 2 heteroatoms. The highest BCUT2D eigenvalue weighted by atomic mass is 16.3. The smallest absolute Gasteiger partial charge is 0.135 e. The summed E-state index contributed by atoms with van der Waals surface area (Å²) in [5.41, 5.74) is 14.9. The van der Waals surface area contributed by atoms with Crippen LogP contribution < -0.4 is 4.90 Å². The van der Waals surface area contributed by atoms with Gasteiger partial charge >= 0.3 is 0 Å². The summed E-state index contributed by atoms with van der Waals surface area (Å²) in [5, 5.41) is 3.61. The number of anilines is 3. The molecule has 2 nitrogen and oxygen atoms in total. The minimum absolute atomic E-state index is 0.541. The second-order valence-corrected chi connectivity index (χ2v) is 13.7. The summed E-state index contributed by atoms with van der Waals surface area (Å²) in [5.74, 6) is 1.02. The quantitative estimate of drug-likeness (QED) is 0.189. The molecule has 2 aliphatic carbocycles. The minimum Gasteiger partial charge on any atom is -0.459 e. The molecular weight excluding hydrogens is 619 g/mol. The highest BCUT2D eigenvalue weighted by molar-refractivity contribution is 6.05. The van der Waals surface area contributed by atoms with Gasteiger partial charge in [-0.3, -0.25) is 0 Å². The Kier molecular flexibility index (Phi) is 5.91. The second-order valence-electron chi connectivity index (χ2n) is 13.7. The third-order valence-corrected chi connectivity index (χ3v) is 11.0. The highest BCUT2D eigenvalue weighted by Crippen LogP contribution is 2.65. The van der Waals surface area contributed by atoms with Crippen LogP contribution in [0.5, 0.6) is 0 Å². The second kappa shape index (κ2) is 10.7. The van der Waals surface area contributed by atoms with Gasteiger partial charge in [-0.1, -0.05) is 146 Å². The number of rotatable bonds is 4. The lowest BCUT2D eigenvalue weighted by Gasteiger charge is -2.29. The maximum atomic E-state index is 6.94. The van der Waals surface area contributed by atoms with Gasteiger partial charge in [0.05, 0.1) is 0 Å². The fraction of sp³-hybridized carbons (Fsp3) is 0.0204. The third-order valence-electron chi connectivity index (χ3n) is 11.0. The van der Waals surface area contributed by atoms with Gasteiger partial charge in [-0.15, -0.1) is 0 Å². The normalized spacial score (nSPS) is 15.1. The van der Waals surface area contributed by atoms with Crippen molar-refractivity contribution < 1.29 is 4.42 Å². The van der Waals surface area contributed by atoms with E-state index in [0.29, 0.717) is 0 Å². The van der Waals surface area contributed by atoms with Crippen LogP contribution in [0.25, 0.3) is 55.1 Å². The van der Waals surface area contributed by atoms with E-state index in [4.69, 9.17) is 4.42 Å². The first-order chi connectivity index (χ1) is 25.3. The zero-order valence-corrected chi connectivity index (χ0v) is 27.8. The van der Waals surface area contributed by atoms with Gasteiger partial charge in [0.15, 0.2) is 0 Å². The zero-order valence-electron chi connectivity index (χ0n) is 27.8. The number of furan rings is 1. The lowest BCUT2D eigenvalue weighted by Crippen LogP contribution is -2.25. The maximum absolute atomic E-state index is 6.94. The fourth-order valence-corrected chi connectivity index (χ4v) is 8.87. The summed E-state index contributed by atoms with van der Waals surface area (Å²) in [6, 6.07) is 68.2. The van der Waals surface area contributed by atoms with Crippen molar-refractivity contribution in [2.75, 3.05) is 4.90 Å². The molecule has 1 aromatic heterocycles. The van der Waals surface area contributed by atoms with E-state index < -0.39 is 5.41 Å². The molecule has 51 heavy (non-hydrogen) atoms. The molecule has 1 spiro atoms. The van der Waals surface area contributed by atoms with E-state index in [1.54, 1.807) is 0 Å². The Morgan fingerprint density at radius 1 is 0.392 bits per heavy atom. The number of para-hydroxylation sites is 1. The summed E-state index contributed by atoms with van der Waals surface area (Å²) in [6.07, 6.45) is 0. The number of fused-ring (bicyclic) bond motifs is 13. The van der Waals surface area contributed by atoms with Crippen LogP contribution in [0.4, 0.5) is 17.1 Å².